The highest BCUT2D eigenvalue weighted by atomic mass is 35.5. The van der Waals surface area contributed by atoms with Crippen molar-refractivity contribution in [3.63, 3.8) is 0 Å². The van der Waals surface area contributed by atoms with Crippen molar-refractivity contribution in [1.82, 2.24) is 15.5 Å². The van der Waals surface area contributed by atoms with Gasteiger partial charge in [0.05, 0.1) is 0 Å². The molecule has 1 heterocycles. The highest BCUT2D eigenvalue weighted by Gasteiger charge is 2.10. The lowest BCUT2D eigenvalue weighted by molar-refractivity contribution is 0.0944. The minimum atomic E-state index is -0.490. The van der Waals surface area contributed by atoms with Gasteiger partial charge in [-0.05, 0) is 24.3 Å². The molecule has 7 heteroatoms. The standard InChI is InChI=1S/C14H20N4O2.ClH/c15-13(19)11-1-3-12(4-2-11)14(20)17-7-10-18-8-5-16-6-9-18;/h1-4,16H,5-10H2,(H2,15,19)(H,17,20);1H. The van der Waals surface area contributed by atoms with Crippen LogP contribution in [0.15, 0.2) is 24.3 Å². The van der Waals surface area contributed by atoms with Crippen LogP contribution in [0, 0.1) is 0 Å². The van der Waals surface area contributed by atoms with Gasteiger partial charge < -0.3 is 16.4 Å². The molecule has 0 spiro atoms. The predicted molar refractivity (Wildman–Crippen MR) is 83.9 cm³/mol. The van der Waals surface area contributed by atoms with Gasteiger partial charge in [0.1, 0.15) is 0 Å². The molecule has 2 amide bonds. The monoisotopic (exact) mass is 312 g/mol. The van der Waals surface area contributed by atoms with E-state index in [0.717, 1.165) is 32.7 Å². The molecule has 1 aliphatic rings. The lowest BCUT2D eigenvalue weighted by atomic mass is 10.1. The molecular weight excluding hydrogens is 292 g/mol. The number of nitrogens with one attached hydrogen (secondary N) is 2. The molecule has 4 N–H and O–H groups in total. The minimum Gasteiger partial charge on any atom is -0.366 e. The van der Waals surface area contributed by atoms with E-state index in [9.17, 15) is 9.59 Å². The van der Waals surface area contributed by atoms with Crippen LogP contribution in [0.5, 0.6) is 0 Å². The summed E-state index contributed by atoms with van der Waals surface area (Å²) < 4.78 is 0. The van der Waals surface area contributed by atoms with E-state index < -0.39 is 5.91 Å². The van der Waals surface area contributed by atoms with Gasteiger partial charge in [-0.25, -0.2) is 0 Å². The van der Waals surface area contributed by atoms with Crippen LogP contribution in [0.3, 0.4) is 0 Å². The van der Waals surface area contributed by atoms with Crippen molar-refractivity contribution >= 4 is 24.2 Å². The molecule has 1 aliphatic heterocycles. The molecule has 1 fully saturated rings. The lowest BCUT2D eigenvalue weighted by Crippen LogP contribution is -2.46. The lowest BCUT2D eigenvalue weighted by Gasteiger charge is -2.27. The normalized spacial score (nSPS) is 15.0. The van der Waals surface area contributed by atoms with Crippen LogP contribution in [-0.2, 0) is 0 Å². The van der Waals surface area contributed by atoms with Gasteiger partial charge >= 0.3 is 0 Å². The van der Waals surface area contributed by atoms with Crippen molar-refractivity contribution in [2.24, 2.45) is 5.73 Å². The average Bonchev–Trinajstić information content (AvgIpc) is 2.48. The molecule has 0 atom stereocenters. The molecule has 21 heavy (non-hydrogen) atoms. The third-order valence-electron chi connectivity index (χ3n) is 3.35. The first-order valence-electron chi connectivity index (χ1n) is 6.78. The first-order chi connectivity index (χ1) is 9.66. The number of carbonyl (C=O) groups excluding carboxylic acids is 2. The summed E-state index contributed by atoms with van der Waals surface area (Å²) >= 11 is 0. The van der Waals surface area contributed by atoms with Gasteiger partial charge in [-0.2, -0.15) is 0 Å². The first-order valence-corrected chi connectivity index (χ1v) is 6.78. The van der Waals surface area contributed by atoms with Gasteiger partial charge in [0, 0.05) is 50.4 Å². The molecule has 0 aromatic heterocycles. The summed E-state index contributed by atoms with van der Waals surface area (Å²) in [4.78, 5) is 25.2. The molecule has 1 aromatic carbocycles. The van der Waals surface area contributed by atoms with Crippen LogP contribution in [0.2, 0.25) is 0 Å². The zero-order valence-electron chi connectivity index (χ0n) is 11.8. The second-order valence-corrected chi connectivity index (χ2v) is 4.79. The number of primary amides is 1. The maximum atomic E-state index is 11.9. The number of piperazine rings is 1. The summed E-state index contributed by atoms with van der Waals surface area (Å²) in [6, 6.07) is 6.35. The molecule has 0 aliphatic carbocycles. The van der Waals surface area contributed by atoms with Crippen molar-refractivity contribution < 1.29 is 9.59 Å². The number of benzene rings is 1. The summed E-state index contributed by atoms with van der Waals surface area (Å²) in [6.45, 7) is 5.51. The largest absolute Gasteiger partial charge is 0.366 e. The molecule has 116 valence electrons. The third-order valence-corrected chi connectivity index (χ3v) is 3.35. The van der Waals surface area contributed by atoms with Gasteiger partial charge in [0.25, 0.3) is 5.91 Å². The molecule has 6 nitrogen and oxygen atoms in total. The Hall–Kier alpha value is -1.63. The van der Waals surface area contributed by atoms with Gasteiger partial charge in [0.2, 0.25) is 5.91 Å². The quantitative estimate of drug-likeness (QED) is 0.705. The molecule has 0 radical (unpaired) electrons. The molecule has 0 bridgehead atoms. The Labute approximate surface area is 130 Å². The fraction of sp³-hybridized carbons (Fsp3) is 0.429. The summed E-state index contributed by atoms with van der Waals surface area (Å²) in [7, 11) is 0. The molecule has 1 saturated heterocycles. The smallest absolute Gasteiger partial charge is 0.251 e. The van der Waals surface area contributed by atoms with Crippen molar-refractivity contribution in [3.05, 3.63) is 35.4 Å². The van der Waals surface area contributed by atoms with Crippen LogP contribution in [-0.4, -0.2) is 56.0 Å². The molecular formula is C14H21ClN4O2. The highest BCUT2D eigenvalue weighted by molar-refractivity contribution is 5.97. The fourth-order valence-corrected chi connectivity index (χ4v) is 2.15. The number of rotatable bonds is 5. The van der Waals surface area contributed by atoms with E-state index in [1.54, 1.807) is 24.3 Å². The number of halogens is 1. The zero-order chi connectivity index (χ0) is 14.4. The van der Waals surface area contributed by atoms with E-state index in [1.807, 2.05) is 0 Å². The van der Waals surface area contributed by atoms with E-state index in [-0.39, 0.29) is 18.3 Å². The average molecular weight is 313 g/mol. The van der Waals surface area contributed by atoms with E-state index in [4.69, 9.17) is 5.73 Å². The van der Waals surface area contributed by atoms with Crippen molar-refractivity contribution in [1.29, 1.82) is 0 Å². The third kappa shape index (κ3) is 5.34. The van der Waals surface area contributed by atoms with E-state index in [0.29, 0.717) is 17.7 Å². The Morgan fingerprint density at radius 3 is 2.29 bits per heavy atom. The Balaban J connectivity index is 0.00000220. The van der Waals surface area contributed by atoms with Gasteiger partial charge in [-0.15, -0.1) is 12.4 Å². The predicted octanol–water partition coefficient (Wildman–Crippen LogP) is -0.158. The maximum Gasteiger partial charge on any atom is 0.251 e. The topological polar surface area (TPSA) is 87.5 Å². The Kier molecular flexibility index (Phi) is 7.14. The zero-order valence-corrected chi connectivity index (χ0v) is 12.6. The molecule has 2 rings (SSSR count). The number of nitrogens with two attached hydrogens (primary N) is 1. The second kappa shape index (κ2) is 8.61. The van der Waals surface area contributed by atoms with Crippen LogP contribution in [0.4, 0.5) is 0 Å². The van der Waals surface area contributed by atoms with Crippen LogP contribution < -0.4 is 16.4 Å². The van der Waals surface area contributed by atoms with Gasteiger partial charge in [-0.3, -0.25) is 14.5 Å². The summed E-state index contributed by atoms with van der Waals surface area (Å²) in [5, 5.41) is 6.17. The van der Waals surface area contributed by atoms with Crippen LogP contribution >= 0.6 is 12.4 Å². The molecule has 0 saturated carbocycles. The Morgan fingerprint density at radius 2 is 1.71 bits per heavy atom. The number of hydrogen-bond acceptors (Lipinski definition) is 4. The van der Waals surface area contributed by atoms with Crippen LogP contribution in [0.1, 0.15) is 20.7 Å². The maximum absolute atomic E-state index is 11.9. The van der Waals surface area contributed by atoms with Crippen molar-refractivity contribution in [2.75, 3.05) is 39.3 Å². The number of carbonyl (C=O) groups is 2. The van der Waals surface area contributed by atoms with Gasteiger partial charge in [0.15, 0.2) is 0 Å². The summed E-state index contributed by atoms with van der Waals surface area (Å²) in [6.07, 6.45) is 0. The minimum absolute atomic E-state index is 0. The summed E-state index contributed by atoms with van der Waals surface area (Å²) in [5.41, 5.74) is 6.09. The van der Waals surface area contributed by atoms with E-state index in [1.165, 1.54) is 0 Å². The fourth-order valence-electron chi connectivity index (χ4n) is 2.15. The van der Waals surface area contributed by atoms with Crippen LogP contribution in [0.25, 0.3) is 0 Å². The van der Waals surface area contributed by atoms with Crippen molar-refractivity contribution in [2.45, 2.75) is 0 Å². The first kappa shape index (κ1) is 17.4. The van der Waals surface area contributed by atoms with E-state index in [2.05, 4.69) is 15.5 Å². The number of nitrogens with zero attached hydrogens (tertiary/aromatic N) is 1. The Bertz CT molecular complexity index is 472. The molecule has 1 aromatic rings. The number of hydrogen-bond donors (Lipinski definition) is 3. The second-order valence-electron chi connectivity index (χ2n) is 4.79. The van der Waals surface area contributed by atoms with Crippen molar-refractivity contribution in [3.8, 4) is 0 Å². The Morgan fingerprint density at radius 1 is 1.14 bits per heavy atom. The van der Waals surface area contributed by atoms with E-state index >= 15 is 0 Å². The van der Waals surface area contributed by atoms with Gasteiger partial charge in [-0.1, -0.05) is 0 Å². The highest BCUT2D eigenvalue weighted by Crippen LogP contribution is 2.03. The molecule has 0 unspecified atom stereocenters. The number of amides is 2. The summed E-state index contributed by atoms with van der Waals surface area (Å²) in [5.74, 6) is -0.619. The SMILES string of the molecule is Cl.NC(=O)c1ccc(C(=O)NCCN2CCNCC2)cc1.